The molecule has 0 radical (unpaired) electrons. The lowest BCUT2D eigenvalue weighted by Crippen LogP contribution is -2.35. The van der Waals surface area contributed by atoms with Gasteiger partial charge in [-0.05, 0) is 17.7 Å². The van der Waals surface area contributed by atoms with Crippen molar-refractivity contribution < 1.29 is 9.18 Å². The maximum Gasteiger partial charge on any atom is 0.260 e. The highest BCUT2D eigenvalue weighted by molar-refractivity contribution is 5.94. The van der Waals surface area contributed by atoms with E-state index in [4.69, 9.17) is 0 Å². The van der Waals surface area contributed by atoms with Gasteiger partial charge in [-0.2, -0.15) is 14.6 Å². The van der Waals surface area contributed by atoms with Crippen LogP contribution in [0.25, 0.3) is 5.78 Å². The van der Waals surface area contributed by atoms with Crippen LogP contribution in [0.4, 0.5) is 10.2 Å². The minimum atomic E-state index is -0.452. The molecule has 0 saturated heterocycles. The van der Waals surface area contributed by atoms with Crippen molar-refractivity contribution in [2.75, 3.05) is 5.32 Å². The van der Waals surface area contributed by atoms with E-state index in [0.717, 1.165) is 0 Å². The van der Waals surface area contributed by atoms with Gasteiger partial charge in [-0.1, -0.05) is 12.1 Å². The molecule has 23 heavy (non-hydrogen) atoms. The zero-order valence-electron chi connectivity index (χ0n) is 12.2. The molecule has 1 N–H and O–H groups in total. The average molecular weight is 313 g/mol. The molecule has 0 saturated carbocycles. The van der Waals surface area contributed by atoms with Crippen LogP contribution in [0, 0.1) is 5.82 Å². The summed E-state index contributed by atoms with van der Waals surface area (Å²) in [5, 5.41) is 6.78. The van der Waals surface area contributed by atoms with E-state index in [1.54, 1.807) is 19.2 Å². The number of carbonyl (C=O) groups is 1. The minimum Gasteiger partial charge on any atom is -0.310 e. The molecule has 1 amide bonds. The standard InChI is InChI=1S/C15H12FN5O2/c1-20-14(23)12-10(8-2-4-9(16)5-3-8)6-11(22)19-13(12)21-15(20)17-7-18-21/h2-5,7,10H,6H2,1H3,(H,19,22)/t10-/m1/s1. The Labute approximate surface area is 129 Å². The van der Waals surface area contributed by atoms with Gasteiger partial charge in [-0.25, -0.2) is 4.39 Å². The van der Waals surface area contributed by atoms with Gasteiger partial charge in [-0.15, -0.1) is 0 Å². The zero-order valence-corrected chi connectivity index (χ0v) is 12.2. The van der Waals surface area contributed by atoms with E-state index in [2.05, 4.69) is 15.4 Å². The predicted molar refractivity (Wildman–Crippen MR) is 79.7 cm³/mol. The quantitative estimate of drug-likeness (QED) is 0.728. The minimum absolute atomic E-state index is 0.119. The summed E-state index contributed by atoms with van der Waals surface area (Å²) in [6.07, 6.45) is 1.44. The molecule has 3 heterocycles. The molecule has 0 aliphatic carbocycles. The fourth-order valence-corrected chi connectivity index (χ4v) is 2.99. The molecule has 7 nitrogen and oxygen atoms in total. The highest BCUT2D eigenvalue weighted by Crippen LogP contribution is 2.34. The van der Waals surface area contributed by atoms with Crippen LogP contribution < -0.4 is 10.9 Å². The van der Waals surface area contributed by atoms with Crippen LogP contribution >= 0.6 is 0 Å². The molecule has 3 aromatic rings. The summed E-state index contributed by atoms with van der Waals surface area (Å²) in [5.41, 5.74) is 0.880. The number of fused-ring (bicyclic) bond motifs is 3. The molecular formula is C15H12FN5O2. The molecule has 0 fully saturated rings. The van der Waals surface area contributed by atoms with E-state index < -0.39 is 5.92 Å². The third-order valence-corrected chi connectivity index (χ3v) is 4.10. The molecule has 1 aliphatic rings. The number of amides is 1. The lowest BCUT2D eigenvalue weighted by atomic mass is 9.87. The van der Waals surface area contributed by atoms with Crippen LogP contribution in [0.3, 0.4) is 0 Å². The van der Waals surface area contributed by atoms with Gasteiger partial charge in [0.05, 0.1) is 5.56 Å². The number of benzene rings is 1. The lowest BCUT2D eigenvalue weighted by molar-refractivity contribution is -0.116. The number of halogens is 1. The van der Waals surface area contributed by atoms with E-state index in [1.165, 1.54) is 27.5 Å². The van der Waals surface area contributed by atoms with Gasteiger partial charge in [-0.3, -0.25) is 14.2 Å². The van der Waals surface area contributed by atoms with Gasteiger partial charge in [0, 0.05) is 19.4 Å². The highest BCUT2D eigenvalue weighted by Gasteiger charge is 2.32. The number of hydrogen-bond donors (Lipinski definition) is 1. The first-order valence-electron chi connectivity index (χ1n) is 7.04. The van der Waals surface area contributed by atoms with Crippen molar-refractivity contribution in [3.05, 3.63) is 57.9 Å². The Morgan fingerprint density at radius 1 is 1.26 bits per heavy atom. The SMILES string of the molecule is Cn1c(=O)c2c(n3ncnc13)NC(=O)C[C@@H]2c1ccc(F)cc1. The van der Waals surface area contributed by atoms with Crippen LogP contribution in [0.1, 0.15) is 23.5 Å². The fraction of sp³-hybridized carbons (Fsp3) is 0.200. The second-order valence-corrected chi connectivity index (χ2v) is 5.45. The molecule has 116 valence electrons. The number of aryl methyl sites for hydroxylation is 1. The third kappa shape index (κ3) is 1.95. The van der Waals surface area contributed by atoms with Gasteiger partial charge in [0.15, 0.2) is 0 Å². The molecule has 8 heteroatoms. The normalized spacial score (nSPS) is 17.1. The van der Waals surface area contributed by atoms with Gasteiger partial charge in [0.25, 0.3) is 5.56 Å². The van der Waals surface area contributed by atoms with Crippen molar-refractivity contribution in [3.63, 3.8) is 0 Å². The number of aromatic nitrogens is 4. The molecule has 0 spiro atoms. The van der Waals surface area contributed by atoms with Crippen molar-refractivity contribution >= 4 is 17.5 Å². The van der Waals surface area contributed by atoms with Crippen molar-refractivity contribution in [1.82, 2.24) is 19.2 Å². The first kappa shape index (κ1) is 13.6. The maximum atomic E-state index is 13.2. The zero-order chi connectivity index (χ0) is 16.1. The first-order chi connectivity index (χ1) is 11.1. The second-order valence-electron chi connectivity index (χ2n) is 5.45. The van der Waals surface area contributed by atoms with E-state index >= 15 is 0 Å². The number of hydrogen-bond acceptors (Lipinski definition) is 4. The summed E-state index contributed by atoms with van der Waals surface area (Å²) in [6.45, 7) is 0. The van der Waals surface area contributed by atoms with Crippen molar-refractivity contribution in [1.29, 1.82) is 0 Å². The molecule has 0 bridgehead atoms. The summed E-state index contributed by atoms with van der Waals surface area (Å²) in [5.74, 6) is -0.377. The van der Waals surface area contributed by atoms with Crippen LogP contribution in [0.15, 0.2) is 35.4 Å². The number of rotatable bonds is 1. The van der Waals surface area contributed by atoms with E-state index in [0.29, 0.717) is 22.7 Å². The monoisotopic (exact) mass is 313 g/mol. The largest absolute Gasteiger partial charge is 0.310 e. The Morgan fingerprint density at radius 3 is 2.74 bits per heavy atom. The second kappa shape index (κ2) is 4.73. The van der Waals surface area contributed by atoms with Gasteiger partial charge < -0.3 is 5.32 Å². The molecule has 1 aromatic carbocycles. The smallest absolute Gasteiger partial charge is 0.260 e. The average Bonchev–Trinajstić information content (AvgIpc) is 3.02. The Balaban J connectivity index is 2.03. The number of nitrogens with one attached hydrogen (secondary N) is 1. The summed E-state index contributed by atoms with van der Waals surface area (Å²) in [6, 6.07) is 5.82. The predicted octanol–water partition coefficient (Wildman–Crippen LogP) is 1.04. The number of nitrogens with zero attached hydrogens (tertiary/aromatic N) is 4. The molecule has 4 rings (SSSR count). The number of carbonyl (C=O) groups excluding carboxylic acids is 1. The van der Waals surface area contributed by atoms with Crippen molar-refractivity contribution in [2.24, 2.45) is 7.05 Å². The summed E-state index contributed by atoms with van der Waals surface area (Å²) < 4.78 is 16.0. The van der Waals surface area contributed by atoms with E-state index in [1.807, 2.05) is 0 Å². The highest BCUT2D eigenvalue weighted by atomic mass is 19.1. The van der Waals surface area contributed by atoms with Crippen LogP contribution in [-0.4, -0.2) is 25.1 Å². The van der Waals surface area contributed by atoms with Gasteiger partial charge in [0.1, 0.15) is 18.0 Å². The first-order valence-corrected chi connectivity index (χ1v) is 7.04. The Kier molecular flexibility index (Phi) is 2.80. The Morgan fingerprint density at radius 2 is 2.00 bits per heavy atom. The topological polar surface area (TPSA) is 81.3 Å². The van der Waals surface area contributed by atoms with E-state index in [-0.39, 0.29) is 23.7 Å². The molecule has 0 unspecified atom stereocenters. The Hall–Kier alpha value is -3.03. The van der Waals surface area contributed by atoms with Gasteiger partial charge in [0.2, 0.25) is 11.7 Å². The van der Waals surface area contributed by atoms with Crippen LogP contribution in [0.2, 0.25) is 0 Å². The third-order valence-electron chi connectivity index (χ3n) is 4.10. The molecule has 1 atom stereocenters. The van der Waals surface area contributed by atoms with Gasteiger partial charge >= 0.3 is 0 Å². The van der Waals surface area contributed by atoms with E-state index in [9.17, 15) is 14.0 Å². The van der Waals surface area contributed by atoms with Crippen molar-refractivity contribution in [2.45, 2.75) is 12.3 Å². The lowest BCUT2D eigenvalue weighted by Gasteiger charge is -2.26. The number of anilines is 1. The molecular weight excluding hydrogens is 301 g/mol. The summed E-state index contributed by atoms with van der Waals surface area (Å²) in [4.78, 5) is 28.9. The molecule has 1 aliphatic heterocycles. The Bertz CT molecular complexity index is 990. The van der Waals surface area contributed by atoms with Crippen LogP contribution in [0.5, 0.6) is 0 Å². The summed E-state index contributed by atoms with van der Waals surface area (Å²) >= 11 is 0. The fourth-order valence-electron chi connectivity index (χ4n) is 2.99. The van der Waals surface area contributed by atoms with Crippen LogP contribution in [-0.2, 0) is 11.8 Å². The molecule has 2 aromatic heterocycles. The summed E-state index contributed by atoms with van der Waals surface area (Å²) in [7, 11) is 1.60. The maximum absolute atomic E-state index is 13.2. The van der Waals surface area contributed by atoms with Crippen molar-refractivity contribution in [3.8, 4) is 0 Å².